The fraction of sp³-hybridized carbons (Fsp3) is 0.444. The van der Waals surface area contributed by atoms with Crippen molar-refractivity contribution >= 4 is 16.9 Å². The number of likely N-dealkylation sites (N-methyl/N-ethyl adjacent to an activating group) is 1. The fourth-order valence-electron chi connectivity index (χ4n) is 4.47. The highest BCUT2D eigenvalue weighted by molar-refractivity contribution is 5.91. The topological polar surface area (TPSA) is 106 Å². The molecule has 0 radical (unpaired) electrons. The molecule has 196 valence electrons. The van der Waals surface area contributed by atoms with Gasteiger partial charge in [-0.3, -0.25) is 4.90 Å². The van der Waals surface area contributed by atoms with E-state index in [2.05, 4.69) is 26.8 Å². The summed E-state index contributed by atoms with van der Waals surface area (Å²) >= 11 is 0. The van der Waals surface area contributed by atoms with Crippen LogP contribution < -0.4 is 14.2 Å². The molecule has 1 unspecified atom stereocenters. The van der Waals surface area contributed by atoms with Crippen molar-refractivity contribution in [3.05, 3.63) is 48.3 Å². The summed E-state index contributed by atoms with van der Waals surface area (Å²) in [6.07, 6.45) is 3.83. The maximum Gasteiger partial charge on any atom is 0.335 e. The molecule has 37 heavy (non-hydrogen) atoms. The highest BCUT2D eigenvalue weighted by Crippen LogP contribution is 2.38. The van der Waals surface area contributed by atoms with Gasteiger partial charge < -0.3 is 29.0 Å². The number of carbonyl (C=O) groups is 1. The summed E-state index contributed by atoms with van der Waals surface area (Å²) in [6.45, 7) is 6.21. The second-order valence-corrected chi connectivity index (χ2v) is 9.34. The second kappa shape index (κ2) is 11.7. The quantitative estimate of drug-likeness (QED) is 0.460. The van der Waals surface area contributed by atoms with Crippen LogP contribution in [0.15, 0.2) is 42.7 Å². The fourth-order valence-corrected chi connectivity index (χ4v) is 4.47. The Morgan fingerprint density at radius 2 is 1.97 bits per heavy atom. The molecule has 0 saturated carbocycles. The first-order chi connectivity index (χ1) is 18.0. The van der Waals surface area contributed by atoms with Gasteiger partial charge in [0.15, 0.2) is 6.29 Å². The van der Waals surface area contributed by atoms with E-state index in [-0.39, 0.29) is 17.7 Å². The molecule has 3 aromatic rings. The molecule has 2 saturated heterocycles. The molecule has 5 rings (SSSR count). The van der Waals surface area contributed by atoms with Gasteiger partial charge in [-0.15, -0.1) is 0 Å². The zero-order valence-corrected chi connectivity index (χ0v) is 21.0. The predicted molar refractivity (Wildman–Crippen MR) is 137 cm³/mol. The van der Waals surface area contributed by atoms with E-state index in [1.165, 1.54) is 18.5 Å². The normalized spacial score (nSPS) is 19.0. The van der Waals surface area contributed by atoms with E-state index in [9.17, 15) is 9.90 Å². The molecule has 0 bridgehead atoms. The van der Waals surface area contributed by atoms with Crippen molar-refractivity contribution in [1.82, 2.24) is 19.8 Å². The van der Waals surface area contributed by atoms with Crippen molar-refractivity contribution in [2.75, 3.05) is 53.0 Å². The van der Waals surface area contributed by atoms with Crippen LogP contribution in [0.2, 0.25) is 0 Å². The van der Waals surface area contributed by atoms with Gasteiger partial charge in [-0.2, -0.15) is 0 Å². The number of ether oxygens (including phenoxy) is 4. The number of carboxylic acid groups (broad SMARTS) is 1. The average Bonchev–Trinajstić information content (AvgIpc) is 2.90. The van der Waals surface area contributed by atoms with Crippen LogP contribution in [-0.4, -0.2) is 90.1 Å². The van der Waals surface area contributed by atoms with Gasteiger partial charge in [0.25, 0.3) is 0 Å². The number of aromatic nitrogens is 2. The Hall–Kier alpha value is -3.47. The summed E-state index contributed by atoms with van der Waals surface area (Å²) in [5.74, 6) is 0.735. The third-order valence-electron chi connectivity index (χ3n) is 6.60. The Morgan fingerprint density at radius 3 is 2.76 bits per heavy atom. The molecule has 0 aliphatic carbocycles. The Labute approximate surface area is 215 Å². The van der Waals surface area contributed by atoms with E-state index in [4.69, 9.17) is 18.9 Å². The molecule has 10 nitrogen and oxygen atoms in total. The molecule has 1 atom stereocenters. The number of hydrogen-bond donors (Lipinski definition) is 1. The van der Waals surface area contributed by atoms with Gasteiger partial charge in [-0.1, -0.05) is 6.07 Å². The highest BCUT2D eigenvalue weighted by atomic mass is 16.7. The van der Waals surface area contributed by atoms with Crippen LogP contribution in [0.1, 0.15) is 29.6 Å². The molecular formula is C27H32N4O6. The van der Waals surface area contributed by atoms with Crippen molar-refractivity contribution in [2.45, 2.75) is 25.6 Å². The number of fused-ring (bicyclic) bond motifs is 1. The van der Waals surface area contributed by atoms with Crippen molar-refractivity contribution < 1.29 is 28.8 Å². The first kappa shape index (κ1) is 25.2. The Morgan fingerprint density at radius 1 is 1.11 bits per heavy atom. The molecule has 3 heterocycles. The van der Waals surface area contributed by atoms with E-state index in [1.54, 1.807) is 12.1 Å². The number of hydrogen-bond acceptors (Lipinski definition) is 9. The average molecular weight is 509 g/mol. The summed E-state index contributed by atoms with van der Waals surface area (Å²) in [6, 6.07) is 9.94. The molecule has 2 aromatic carbocycles. The first-order valence-electron chi connectivity index (χ1n) is 12.7. The summed E-state index contributed by atoms with van der Waals surface area (Å²) in [7, 11) is 2.14. The maximum absolute atomic E-state index is 11.4. The maximum atomic E-state index is 11.4. The second-order valence-electron chi connectivity index (χ2n) is 9.34. The third kappa shape index (κ3) is 6.46. The van der Waals surface area contributed by atoms with E-state index in [0.717, 1.165) is 52.0 Å². The van der Waals surface area contributed by atoms with Crippen LogP contribution in [0.25, 0.3) is 10.9 Å². The number of nitrogens with zero attached hydrogens (tertiary/aromatic N) is 4. The van der Waals surface area contributed by atoms with E-state index >= 15 is 0 Å². The number of aromatic carboxylic acids is 1. The smallest absolute Gasteiger partial charge is 0.335 e. The molecular weight excluding hydrogens is 476 g/mol. The van der Waals surface area contributed by atoms with Gasteiger partial charge in [-0.25, -0.2) is 14.8 Å². The first-order valence-corrected chi connectivity index (χ1v) is 12.7. The Kier molecular flexibility index (Phi) is 7.98. The summed E-state index contributed by atoms with van der Waals surface area (Å²) < 4.78 is 24.3. The van der Waals surface area contributed by atoms with Crippen molar-refractivity contribution in [3.8, 4) is 23.1 Å². The van der Waals surface area contributed by atoms with E-state index in [1.807, 2.05) is 12.1 Å². The summed E-state index contributed by atoms with van der Waals surface area (Å²) in [4.78, 5) is 24.9. The lowest BCUT2D eigenvalue weighted by Gasteiger charge is -2.32. The monoisotopic (exact) mass is 508 g/mol. The Balaban J connectivity index is 1.40. The van der Waals surface area contributed by atoms with Gasteiger partial charge in [0.05, 0.1) is 17.7 Å². The lowest BCUT2D eigenvalue weighted by Crippen LogP contribution is -2.45. The zero-order chi connectivity index (χ0) is 25.6. The molecule has 0 spiro atoms. The van der Waals surface area contributed by atoms with Gasteiger partial charge in [-0.05, 0) is 38.1 Å². The van der Waals surface area contributed by atoms with Gasteiger partial charge in [0, 0.05) is 51.3 Å². The van der Waals surface area contributed by atoms with Crippen molar-refractivity contribution in [2.24, 2.45) is 0 Å². The van der Waals surface area contributed by atoms with Gasteiger partial charge >= 0.3 is 5.97 Å². The van der Waals surface area contributed by atoms with Crippen LogP contribution in [0.5, 0.6) is 23.1 Å². The number of carboxylic acids is 1. The zero-order valence-electron chi connectivity index (χ0n) is 21.0. The molecule has 2 fully saturated rings. The largest absolute Gasteiger partial charge is 0.492 e. The lowest BCUT2D eigenvalue weighted by molar-refractivity contribution is -0.105. The SMILES string of the molecule is CN1CCN(CCOc2cc(OC3CCCCO3)c3c(Oc4cccc(C(=O)O)c4)ncnc3c2)CC1. The summed E-state index contributed by atoms with van der Waals surface area (Å²) in [5.41, 5.74) is 0.723. The standard InChI is InChI=1S/C27H32N4O6/c1-30-8-10-31(11-9-30)12-14-34-21-16-22-25(23(17-21)37-24-7-2-3-13-35-24)26(29-18-28-22)36-20-6-4-5-19(15-20)27(32)33/h4-6,15-18,24H,2-3,7-14H2,1H3,(H,32,33). The van der Waals surface area contributed by atoms with Crippen LogP contribution >= 0.6 is 0 Å². The molecule has 1 aromatic heterocycles. The van der Waals surface area contributed by atoms with Crippen LogP contribution in [0, 0.1) is 0 Å². The summed E-state index contributed by atoms with van der Waals surface area (Å²) in [5, 5.41) is 9.91. The van der Waals surface area contributed by atoms with E-state index < -0.39 is 5.97 Å². The molecule has 2 aliphatic heterocycles. The minimum atomic E-state index is -1.03. The van der Waals surface area contributed by atoms with Crippen molar-refractivity contribution in [3.63, 3.8) is 0 Å². The number of benzene rings is 2. The molecule has 0 amide bonds. The van der Waals surface area contributed by atoms with Crippen LogP contribution in [0.3, 0.4) is 0 Å². The highest BCUT2D eigenvalue weighted by Gasteiger charge is 2.21. The number of piperazine rings is 1. The Bertz CT molecular complexity index is 1220. The minimum Gasteiger partial charge on any atom is -0.492 e. The minimum absolute atomic E-state index is 0.124. The molecule has 2 aliphatic rings. The van der Waals surface area contributed by atoms with Gasteiger partial charge in [0.1, 0.15) is 35.6 Å². The van der Waals surface area contributed by atoms with Gasteiger partial charge in [0.2, 0.25) is 5.88 Å². The lowest BCUT2D eigenvalue weighted by atomic mass is 10.2. The molecule has 1 N–H and O–H groups in total. The van der Waals surface area contributed by atoms with Crippen LogP contribution in [-0.2, 0) is 4.74 Å². The van der Waals surface area contributed by atoms with E-state index in [0.29, 0.717) is 41.4 Å². The third-order valence-corrected chi connectivity index (χ3v) is 6.60. The van der Waals surface area contributed by atoms with Crippen molar-refractivity contribution in [1.29, 1.82) is 0 Å². The number of rotatable bonds is 9. The molecule has 10 heteroatoms. The van der Waals surface area contributed by atoms with Crippen LogP contribution in [0.4, 0.5) is 0 Å². The predicted octanol–water partition coefficient (Wildman–Crippen LogP) is 3.65.